The zero-order valence-electron chi connectivity index (χ0n) is 19.4. The van der Waals surface area contributed by atoms with Crippen LogP contribution in [0.1, 0.15) is 70.3 Å². The predicted molar refractivity (Wildman–Crippen MR) is 144 cm³/mol. The molecule has 32 heavy (non-hydrogen) atoms. The zero-order valence-corrected chi connectivity index (χ0v) is 20.9. The van der Waals surface area contributed by atoms with Crippen LogP contribution in [0.3, 0.4) is 0 Å². The highest BCUT2D eigenvalue weighted by molar-refractivity contribution is 7.80. The number of unbranched alkanes of at least 4 members (excludes halogenated alkanes) is 4. The molecule has 176 valence electrons. The van der Waals surface area contributed by atoms with Crippen molar-refractivity contribution in [3.63, 3.8) is 0 Å². The van der Waals surface area contributed by atoms with Gasteiger partial charge in [0.2, 0.25) is 0 Å². The van der Waals surface area contributed by atoms with Crippen molar-refractivity contribution in [3.8, 4) is 5.75 Å². The van der Waals surface area contributed by atoms with E-state index < -0.39 is 0 Å². The Hall–Kier alpha value is -2.04. The molecule has 0 saturated heterocycles. The van der Waals surface area contributed by atoms with E-state index in [1.807, 2.05) is 6.07 Å². The molecule has 0 aromatic heterocycles. The van der Waals surface area contributed by atoms with Gasteiger partial charge in [0.05, 0.1) is 5.02 Å². The number of phenols is 1. The van der Waals surface area contributed by atoms with E-state index in [0.29, 0.717) is 16.7 Å². The van der Waals surface area contributed by atoms with Crippen molar-refractivity contribution in [2.24, 2.45) is 0 Å². The van der Waals surface area contributed by atoms with Crippen molar-refractivity contribution in [2.75, 3.05) is 6.54 Å². The number of phenolic OH excluding ortho intramolecular Hbond substituents is 1. The molecule has 0 aliphatic rings. The highest BCUT2D eigenvalue weighted by Crippen LogP contribution is 2.23. The van der Waals surface area contributed by atoms with E-state index in [2.05, 4.69) is 66.2 Å². The van der Waals surface area contributed by atoms with Gasteiger partial charge in [-0.1, -0.05) is 86.0 Å². The first-order valence-electron chi connectivity index (χ1n) is 11.7. The lowest BCUT2D eigenvalue weighted by atomic mass is 10.2. The Labute approximate surface area is 205 Å². The Morgan fingerprint density at radius 2 is 1.47 bits per heavy atom. The molecule has 0 spiro atoms. The summed E-state index contributed by atoms with van der Waals surface area (Å²) in [4.78, 5) is 0. The third kappa shape index (κ3) is 15.7. The number of rotatable bonds is 16. The normalized spacial score (nSPS) is 11.9. The molecule has 0 radical (unpaired) electrons. The summed E-state index contributed by atoms with van der Waals surface area (Å²) in [5.41, 5.74) is 0.970. The lowest BCUT2D eigenvalue weighted by Crippen LogP contribution is -2.35. The van der Waals surface area contributed by atoms with Crippen LogP contribution in [0.15, 0.2) is 66.8 Å². The Bertz CT molecular complexity index is 756. The molecule has 5 heteroatoms. The van der Waals surface area contributed by atoms with Gasteiger partial charge in [0.15, 0.2) is 5.11 Å². The fraction of sp³-hybridized carbons (Fsp3) is 0.444. The van der Waals surface area contributed by atoms with Crippen molar-refractivity contribution in [2.45, 2.75) is 71.3 Å². The summed E-state index contributed by atoms with van der Waals surface area (Å²) in [6, 6.07) is 5.14. The van der Waals surface area contributed by atoms with E-state index in [1.165, 1.54) is 25.7 Å². The van der Waals surface area contributed by atoms with Gasteiger partial charge in [-0.05, 0) is 74.9 Å². The molecule has 0 atom stereocenters. The first-order chi connectivity index (χ1) is 15.6. The summed E-state index contributed by atoms with van der Waals surface area (Å²) < 4.78 is 0. The van der Waals surface area contributed by atoms with Gasteiger partial charge in [0, 0.05) is 13.1 Å². The van der Waals surface area contributed by atoms with Crippen LogP contribution < -0.4 is 10.6 Å². The van der Waals surface area contributed by atoms with E-state index in [1.54, 1.807) is 12.1 Å². The Balaban J connectivity index is 1.97. The quantitative estimate of drug-likeness (QED) is 0.130. The van der Waals surface area contributed by atoms with Gasteiger partial charge in [-0.15, -0.1) is 0 Å². The molecule has 1 rings (SSSR count). The molecule has 0 fully saturated rings. The van der Waals surface area contributed by atoms with Crippen LogP contribution in [0.5, 0.6) is 5.75 Å². The van der Waals surface area contributed by atoms with Crippen molar-refractivity contribution >= 4 is 28.9 Å². The third-order valence-electron chi connectivity index (χ3n) is 4.76. The monoisotopic (exact) mass is 474 g/mol. The van der Waals surface area contributed by atoms with Gasteiger partial charge in [0.25, 0.3) is 0 Å². The van der Waals surface area contributed by atoms with Gasteiger partial charge in [0.1, 0.15) is 5.75 Å². The molecule has 1 aromatic rings. The SMILES string of the molecule is CCCCC/C=C\C/C=C\C/C=C\C/C=C\CCCNC(=S)NCc1ccc(O)c(Cl)c1. The summed E-state index contributed by atoms with van der Waals surface area (Å²) in [5, 5.41) is 16.8. The molecule has 0 unspecified atom stereocenters. The minimum absolute atomic E-state index is 0.0907. The minimum atomic E-state index is 0.0907. The molecule has 0 bridgehead atoms. The minimum Gasteiger partial charge on any atom is -0.506 e. The van der Waals surface area contributed by atoms with E-state index in [9.17, 15) is 5.11 Å². The van der Waals surface area contributed by atoms with Gasteiger partial charge in [-0.2, -0.15) is 0 Å². The fourth-order valence-corrected chi connectivity index (χ4v) is 3.27. The van der Waals surface area contributed by atoms with Crippen LogP contribution >= 0.6 is 23.8 Å². The zero-order chi connectivity index (χ0) is 23.3. The summed E-state index contributed by atoms with van der Waals surface area (Å²) in [6.07, 6.45) is 28.1. The number of thiocarbonyl (C=S) groups is 1. The average molecular weight is 475 g/mol. The number of hydrogen-bond donors (Lipinski definition) is 3. The molecule has 0 amide bonds. The summed E-state index contributed by atoms with van der Waals surface area (Å²) in [5.74, 6) is 0.0907. The lowest BCUT2D eigenvalue weighted by Gasteiger charge is -2.10. The van der Waals surface area contributed by atoms with Crippen LogP contribution in [0.25, 0.3) is 0 Å². The molecule has 0 aliphatic carbocycles. The second-order valence-electron chi connectivity index (χ2n) is 7.63. The molecule has 1 aromatic carbocycles. The predicted octanol–water partition coefficient (Wildman–Crippen LogP) is 7.77. The van der Waals surface area contributed by atoms with E-state index in [-0.39, 0.29) is 5.75 Å². The largest absolute Gasteiger partial charge is 0.506 e. The van der Waals surface area contributed by atoms with Gasteiger partial charge < -0.3 is 15.7 Å². The van der Waals surface area contributed by atoms with Crippen molar-refractivity contribution in [1.82, 2.24) is 10.6 Å². The molecule has 0 saturated carbocycles. The van der Waals surface area contributed by atoms with Crippen molar-refractivity contribution in [1.29, 1.82) is 0 Å². The Morgan fingerprint density at radius 1 is 0.875 bits per heavy atom. The molecular formula is C27H39ClN2OS. The fourth-order valence-electron chi connectivity index (χ4n) is 2.89. The average Bonchev–Trinajstić information content (AvgIpc) is 2.79. The topological polar surface area (TPSA) is 44.3 Å². The number of nitrogens with one attached hydrogen (secondary N) is 2. The first kappa shape index (κ1) is 28.0. The second kappa shape index (κ2) is 19.6. The summed E-state index contributed by atoms with van der Waals surface area (Å²) in [6.45, 7) is 3.65. The van der Waals surface area contributed by atoms with Crippen LogP contribution in [0.4, 0.5) is 0 Å². The van der Waals surface area contributed by atoms with E-state index >= 15 is 0 Å². The van der Waals surface area contributed by atoms with Crippen molar-refractivity contribution < 1.29 is 5.11 Å². The van der Waals surface area contributed by atoms with E-state index in [0.717, 1.165) is 44.2 Å². The van der Waals surface area contributed by atoms with E-state index in [4.69, 9.17) is 23.8 Å². The summed E-state index contributed by atoms with van der Waals surface area (Å²) >= 11 is 11.2. The molecular weight excluding hydrogens is 436 g/mol. The highest BCUT2D eigenvalue weighted by atomic mass is 35.5. The first-order valence-corrected chi connectivity index (χ1v) is 12.5. The molecule has 0 aliphatic heterocycles. The maximum Gasteiger partial charge on any atom is 0.166 e. The lowest BCUT2D eigenvalue weighted by molar-refractivity contribution is 0.475. The van der Waals surface area contributed by atoms with Crippen LogP contribution in [0.2, 0.25) is 5.02 Å². The van der Waals surface area contributed by atoms with Crippen LogP contribution in [0, 0.1) is 0 Å². The maximum atomic E-state index is 9.44. The maximum absolute atomic E-state index is 9.44. The number of hydrogen-bond acceptors (Lipinski definition) is 2. The number of allylic oxidation sites excluding steroid dienone is 8. The molecule has 3 nitrogen and oxygen atoms in total. The van der Waals surface area contributed by atoms with Crippen molar-refractivity contribution in [3.05, 3.63) is 77.4 Å². The van der Waals surface area contributed by atoms with Gasteiger partial charge in [-0.3, -0.25) is 0 Å². The third-order valence-corrected chi connectivity index (χ3v) is 5.35. The second-order valence-corrected chi connectivity index (χ2v) is 8.44. The number of benzene rings is 1. The Morgan fingerprint density at radius 3 is 2.06 bits per heavy atom. The number of aromatic hydroxyl groups is 1. The highest BCUT2D eigenvalue weighted by Gasteiger charge is 2.01. The molecule has 0 heterocycles. The van der Waals surface area contributed by atoms with Crippen LogP contribution in [-0.4, -0.2) is 16.8 Å². The Kier molecular flexibility index (Phi) is 17.2. The van der Waals surface area contributed by atoms with Gasteiger partial charge in [-0.25, -0.2) is 0 Å². The van der Waals surface area contributed by atoms with Gasteiger partial charge >= 0.3 is 0 Å². The smallest absolute Gasteiger partial charge is 0.166 e. The summed E-state index contributed by atoms with van der Waals surface area (Å²) in [7, 11) is 0. The van der Waals surface area contributed by atoms with Crippen LogP contribution in [-0.2, 0) is 6.54 Å². The number of halogens is 1. The molecule has 3 N–H and O–H groups in total. The standard InChI is InChI=1S/C27H39ClN2OS/c1-2-3-4-5-6-7-8-9-10-11-12-13-14-15-16-17-18-21-29-27(32)30-23-24-19-20-26(31)25(28)22-24/h6-7,9-10,12-13,15-16,19-20,22,31H,2-5,8,11,14,17-18,21,23H2,1H3,(H2,29,30,32)/b7-6-,10-9-,13-12-,16-15-.